The van der Waals surface area contributed by atoms with Gasteiger partial charge in [-0.1, -0.05) is 54.1 Å². The summed E-state index contributed by atoms with van der Waals surface area (Å²) < 4.78 is 10.9. The van der Waals surface area contributed by atoms with E-state index in [2.05, 4.69) is 6.08 Å². The van der Waals surface area contributed by atoms with Crippen molar-refractivity contribution in [3.63, 3.8) is 0 Å². The molecule has 1 aliphatic carbocycles. The summed E-state index contributed by atoms with van der Waals surface area (Å²) in [5.74, 6) is 0.101. The van der Waals surface area contributed by atoms with E-state index in [1.165, 1.54) is 25.5 Å². The Balaban J connectivity index is 1.50. The van der Waals surface area contributed by atoms with E-state index in [4.69, 9.17) is 9.47 Å². The van der Waals surface area contributed by atoms with E-state index < -0.39 is 5.97 Å². The highest BCUT2D eigenvalue weighted by molar-refractivity contribution is 6.16. The van der Waals surface area contributed by atoms with E-state index in [1.807, 2.05) is 61.5 Å². The Hall–Kier alpha value is -3.60. The van der Waals surface area contributed by atoms with Crippen molar-refractivity contribution in [2.75, 3.05) is 13.7 Å². The van der Waals surface area contributed by atoms with Gasteiger partial charge in [0.2, 0.25) is 0 Å². The van der Waals surface area contributed by atoms with Gasteiger partial charge in [0.05, 0.1) is 18.3 Å². The van der Waals surface area contributed by atoms with Crippen molar-refractivity contribution in [1.29, 1.82) is 0 Å². The summed E-state index contributed by atoms with van der Waals surface area (Å²) in [5.41, 5.74) is 4.69. The molecule has 5 nitrogen and oxygen atoms in total. The molecule has 0 aromatic heterocycles. The number of rotatable bonds is 8. The van der Waals surface area contributed by atoms with Gasteiger partial charge in [-0.05, 0) is 68.4 Å². The van der Waals surface area contributed by atoms with Gasteiger partial charge in [-0.3, -0.25) is 4.79 Å². The van der Waals surface area contributed by atoms with Gasteiger partial charge in [-0.25, -0.2) is 4.79 Å². The highest BCUT2D eigenvalue weighted by atomic mass is 16.5. The lowest BCUT2D eigenvalue weighted by atomic mass is 9.97. The van der Waals surface area contributed by atoms with Gasteiger partial charge >= 0.3 is 5.97 Å². The number of amides is 1. The molecule has 4 rings (SSSR count). The molecule has 0 atom stereocenters. The molecule has 0 N–H and O–H groups in total. The van der Waals surface area contributed by atoms with E-state index in [0.717, 1.165) is 36.1 Å². The maximum absolute atomic E-state index is 13.3. The lowest BCUT2D eigenvalue weighted by molar-refractivity contribution is -0.136. The van der Waals surface area contributed by atoms with Crippen LogP contribution in [-0.4, -0.2) is 30.4 Å². The summed E-state index contributed by atoms with van der Waals surface area (Å²) in [7, 11) is 1.35. The fraction of sp³-hybridized carbons (Fsp3) is 0.310. The van der Waals surface area contributed by atoms with Crippen LogP contribution in [0.5, 0.6) is 5.75 Å². The number of nitrogens with zero attached hydrogens (tertiary/aromatic N) is 1. The number of methoxy groups -OCH3 is 1. The van der Waals surface area contributed by atoms with E-state index in [1.54, 1.807) is 11.0 Å². The van der Waals surface area contributed by atoms with Gasteiger partial charge in [0, 0.05) is 12.2 Å². The van der Waals surface area contributed by atoms with Gasteiger partial charge in [-0.15, -0.1) is 0 Å². The maximum Gasteiger partial charge on any atom is 0.340 e. The smallest absolute Gasteiger partial charge is 0.340 e. The first-order valence-electron chi connectivity index (χ1n) is 11.8. The number of esters is 1. The Labute approximate surface area is 201 Å². The molecule has 34 heavy (non-hydrogen) atoms. The molecule has 2 aromatic rings. The van der Waals surface area contributed by atoms with Crippen LogP contribution >= 0.6 is 0 Å². The Bertz CT molecular complexity index is 1130. The van der Waals surface area contributed by atoms with Crippen molar-refractivity contribution in [3.8, 4) is 5.75 Å². The first-order valence-corrected chi connectivity index (χ1v) is 11.8. The molecule has 1 aliphatic heterocycles. The molecule has 176 valence electrons. The second-order valence-electron chi connectivity index (χ2n) is 8.67. The Kier molecular flexibility index (Phi) is 7.63. The summed E-state index contributed by atoms with van der Waals surface area (Å²) >= 11 is 0. The van der Waals surface area contributed by atoms with Gasteiger partial charge < -0.3 is 14.4 Å². The third-order valence-corrected chi connectivity index (χ3v) is 6.38. The predicted molar refractivity (Wildman–Crippen MR) is 133 cm³/mol. The summed E-state index contributed by atoms with van der Waals surface area (Å²) in [5, 5.41) is 0. The van der Waals surface area contributed by atoms with Crippen LogP contribution in [0.2, 0.25) is 0 Å². The molecular formula is C29H31NO4. The van der Waals surface area contributed by atoms with Crippen molar-refractivity contribution >= 4 is 18.0 Å². The monoisotopic (exact) mass is 457 g/mol. The summed E-state index contributed by atoms with van der Waals surface area (Å²) in [6.45, 7) is 2.88. The number of benzene rings is 2. The van der Waals surface area contributed by atoms with Crippen LogP contribution in [0, 0.1) is 0 Å². The number of hydrogen-bond donors (Lipinski definition) is 0. The predicted octanol–water partition coefficient (Wildman–Crippen LogP) is 5.83. The molecular weight excluding hydrogens is 426 g/mol. The third-order valence-electron chi connectivity index (χ3n) is 6.38. The molecule has 5 heteroatoms. The molecule has 0 fully saturated rings. The molecule has 0 saturated carbocycles. The lowest BCUT2D eigenvalue weighted by Crippen LogP contribution is -2.26. The maximum atomic E-state index is 13.3. The second kappa shape index (κ2) is 11.0. The lowest BCUT2D eigenvalue weighted by Gasteiger charge is -2.20. The van der Waals surface area contributed by atoms with Crippen molar-refractivity contribution in [2.24, 2.45) is 0 Å². The van der Waals surface area contributed by atoms with Gasteiger partial charge in [0.15, 0.2) is 0 Å². The summed E-state index contributed by atoms with van der Waals surface area (Å²) in [4.78, 5) is 27.6. The molecule has 0 spiro atoms. The van der Waals surface area contributed by atoms with Crippen LogP contribution in [0.1, 0.15) is 50.2 Å². The number of carbonyl (C=O) groups excluding carboxylic acids is 2. The Morgan fingerprint density at radius 2 is 1.82 bits per heavy atom. The zero-order valence-electron chi connectivity index (χ0n) is 19.9. The molecule has 1 amide bonds. The molecule has 0 radical (unpaired) electrons. The topological polar surface area (TPSA) is 55.8 Å². The SMILES string of the molecule is COC(=O)C1=C(C)N(CCC2=CCCCC2)C(=O)C1=Cc1ccc(OCc2ccccc2)cc1. The molecule has 0 unspecified atom stereocenters. The quantitative estimate of drug-likeness (QED) is 0.284. The summed E-state index contributed by atoms with van der Waals surface area (Å²) in [6, 6.07) is 17.5. The van der Waals surface area contributed by atoms with Crippen molar-refractivity contribution in [2.45, 2.75) is 45.6 Å². The molecule has 2 aliphatic rings. The van der Waals surface area contributed by atoms with E-state index >= 15 is 0 Å². The Morgan fingerprint density at radius 1 is 1.06 bits per heavy atom. The van der Waals surface area contributed by atoms with Crippen LogP contribution < -0.4 is 4.74 Å². The Morgan fingerprint density at radius 3 is 2.50 bits per heavy atom. The normalized spacial score (nSPS) is 17.2. The minimum absolute atomic E-state index is 0.154. The molecule has 1 heterocycles. The van der Waals surface area contributed by atoms with Crippen molar-refractivity contribution in [1.82, 2.24) is 4.90 Å². The van der Waals surface area contributed by atoms with Crippen LogP contribution in [0.25, 0.3) is 6.08 Å². The van der Waals surface area contributed by atoms with Gasteiger partial charge in [0.1, 0.15) is 12.4 Å². The number of ether oxygens (including phenoxy) is 2. The van der Waals surface area contributed by atoms with Crippen molar-refractivity contribution in [3.05, 3.63) is 94.2 Å². The average Bonchev–Trinajstić information content (AvgIpc) is 3.11. The average molecular weight is 458 g/mol. The number of carbonyl (C=O) groups is 2. The van der Waals surface area contributed by atoms with Crippen LogP contribution in [0.3, 0.4) is 0 Å². The molecule has 0 saturated heterocycles. The number of allylic oxidation sites excluding steroid dienone is 2. The van der Waals surface area contributed by atoms with E-state index in [-0.39, 0.29) is 5.91 Å². The zero-order valence-corrected chi connectivity index (χ0v) is 19.9. The first-order chi connectivity index (χ1) is 16.6. The highest BCUT2D eigenvalue weighted by Crippen LogP contribution is 2.33. The van der Waals surface area contributed by atoms with Crippen molar-refractivity contribution < 1.29 is 19.1 Å². The fourth-order valence-electron chi connectivity index (χ4n) is 4.45. The largest absolute Gasteiger partial charge is 0.489 e. The standard InChI is InChI=1S/C29H31NO4/c1-21-27(29(32)33-2)26(28(31)30(21)18-17-22-9-5-3-6-10-22)19-23-13-15-25(16-14-23)34-20-24-11-7-4-8-12-24/h4,7-9,11-16,19H,3,5-6,10,17-18,20H2,1-2H3. The van der Waals surface area contributed by atoms with Crippen LogP contribution in [0.15, 0.2) is 83.1 Å². The van der Waals surface area contributed by atoms with Gasteiger partial charge in [0.25, 0.3) is 5.91 Å². The van der Waals surface area contributed by atoms with Crippen LogP contribution in [0.4, 0.5) is 0 Å². The second-order valence-corrected chi connectivity index (χ2v) is 8.67. The van der Waals surface area contributed by atoms with E-state index in [9.17, 15) is 9.59 Å². The fourth-order valence-corrected chi connectivity index (χ4v) is 4.45. The minimum Gasteiger partial charge on any atom is -0.489 e. The third kappa shape index (κ3) is 5.48. The van der Waals surface area contributed by atoms with E-state index in [0.29, 0.717) is 30.0 Å². The van der Waals surface area contributed by atoms with Crippen LogP contribution in [-0.2, 0) is 20.9 Å². The number of hydrogen-bond acceptors (Lipinski definition) is 4. The molecule has 2 aromatic carbocycles. The van der Waals surface area contributed by atoms with Gasteiger partial charge in [-0.2, -0.15) is 0 Å². The molecule has 0 bridgehead atoms. The zero-order chi connectivity index (χ0) is 23.9. The minimum atomic E-state index is -0.487. The highest BCUT2D eigenvalue weighted by Gasteiger charge is 2.36. The first kappa shape index (κ1) is 23.6. The summed E-state index contributed by atoms with van der Waals surface area (Å²) in [6.07, 6.45) is 9.54.